The Morgan fingerprint density at radius 3 is 2.55 bits per heavy atom. The molecule has 2 aromatic rings. The number of furan rings is 1. The Hall–Kier alpha value is -1.74. The zero-order valence-electron chi connectivity index (χ0n) is 12.1. The molecule has 0 aliphatic heterocycles. The van der Waals surface area contributed by atoms with E-state index in [9.17, 15) is 0 Å². The number of methoxy groups -OCH3 is 1. The van der Waals surface area contributed by atoms with Crippen molar-refractivity contribution < 1.29 is 9.15 Å². The Labute approximate surface area is 119 Å². The van der Waals surface area contributed by atoms with Crippen LogP contribution in [0.2, 0.25) is 0 Å². The van der Waals surface area contributed by atoms with Gasteiger partial charge in [-0.1, -0.05) is 19.1 Å². The van der Waals surface area contributed by atoms with Crippen LogP contribution in [-0.2, 0) is 13.1 Å². The lowest BCUT2D eigenvalue weighted by Crippen LogP contribution is -2.11. The van der Waals surface area contributed by atoms with Crippen molar-refractivity contribution in [3.63, 3.8) is 0 Å². The van der Waals surface area contributed by atoms with Crippen LogP contribution in [0.5, 0.6) is 5.75 Å². The van der Waals surface area contributed by atoms with Crippen molar-refractivity contribution in [2.75, 3.05) is 7.11 Å². The predicted octanol–water partition coefficient (Wildman–Crippen LogP) is 3.70. The second-order valence-electron chi connectivity index (χ2n) is 5.58. The molecule has 1 aliphatic rings. The first-order chi connectivity index (χ1) is 9.76. The minimum Gasteiger partial charge on any atom is -0.497 e. The van der Waals surface area contributed by atoms with Gasteiger partial charge in [-0.25, -0.2) is 0 Å². The molecule has 106 valence electrons. The molecular formula is C17H21NO2. The van der Waals surface area contributed by atoms with Gasteiger partial charge in [-0.3, -0.25) is 0 Å². The molecule has 1 saturated carbocycles. The third-order valence-electron chi connectivity index (χ3n) is 3.94. The first kappa shape index (κ1) is 13.3. The summed E-state index contributed by atoms with van der Waals surface area (Å²) in [6, 6.07) is 12.3. The summed E-state index contributed by atoms with van der Waals surface area (Å²) in [7, 11) is 1.68. The van der Waals surface area contributed by atoms with Crippen LogP contribution in [0.3, 0.4) is 0 Å². The standard InChI is InChI=1S/C17H21NO2/c1-12-9-16(12)17-8-7-15(20-17)11-18-10-13-3-5-14(19-2)6-4-13/h3-8,12,16,18H,9-11H2,1-2H3/t12-,16-/m1/s1. The van der Waals surface area contributed by atoms with Gasteiger partial charge >= 0.3 is 0 Å². The normalized spacial score (nSPS) is 20.9. The highest BCUT2D eigenvalue weighted by Crippen LogP contribution is 2.47. The summed E-state index contributed by atoms with van der Waals surface area (Å²) in [5, 5.41) is 3.40. The van der Waals surface area contributed by atoms with E-state index in [1.807, 2.05) is 12.1 Å². The molecule has 0 unspecified atom stereocenters. The maximum Gasteiger partial charge on any atom is 0.118 e. The Morgan fingerprint density at radius 1 is 1.15 bits per heavy atom. The average molecular weight is 271 g/mol. The Balaban J connectivity index is 1.48. The molecular weight excluding hydrogens is 250 g/mol. The largest absolute Gasteiger partial charge is 0.497 e. The van der Waals surface area contributed by atoms with Crippen LogP contribution in [0.4, 0.5) is 0 Å². The number of benzene rings is 1. The van der Waals surface area contributed by atoms with Crippen molar-refractivity contribution in [2.45, 2.75) is 32.4 Å². The third kappa shape index (κ3) is 3.05. The summed E-state index contributed by atoms with van der Waals surface area (Å²) >= 11 is 0. The molecule has 2 atom stereocenters. The first-order valence-corrected chi connectivity index (χ1v) is 7.18. The summed E-state index contributed by atoms with van der Waals surface area (Å²) in [4.78, 5) is 0. The summed E-state index contributed by atoms with van der Waals surface area (Å²) in [5.41, 5.74) is 1.24. The summed E-state index contributed by atoms with van der Waals surface area (Å²) < 4.78 is 11.0. The SMILES string of the molecule is COc1ccc(CNCc2ccc([C@@H]3C[C@H]3C)o2)cc1. The zero-order chi connectivity index (χ0) is 13.9. The zero-order valence-corrected chi connectivity index (χ0v) is 12.1. The molecule has 3 nitrogen and oxygen atoms in total. The second-order valence-corrected chi connectivity index (χ2v) is 5.58. The maximum atomic E-state index is 5.87. The number of hydrogen-bond acceptors (Lipinski definition) is 3. The molecule has 1 aromatic heterocycles. The Kier molecular flexibility index (Phi) is 3.79. The quantitative estimate of drug-likeness (QED) is 0.870. The van der Waals surface area contributed by atoms with Crippen LogP contribution in [0.15, 0.2) is 40.8 Å². The molecule has 0 bridgehead atoms. The van der Waals surface area contributed by atoms with Crippen LogP contribution in [0.25, 0.3) is 0 Å². The lowest BCUT2D eigenvalue weighted by atomic mass is 10.2. The first-order valence-electron chi connectivity index (χ1n) is 7.18. The molecule has 1 N–H and O–H groups in total. The van der Waals surface area contributed by atoms with Crippen molar-refractivity contribution in [2.24, 2.45) is 5.92 Å². The molecule has 0 spiro atoms. The van der Waals surface area contributed by atoms with Crippen LogP contribution >= 0.6 is 0 Å². The Bertz CT molecular complexity index is 559. The van der Waals surface area contributed by atoms with E-state index in [4.69, 9.17) is 9.15 Å². The lowest BCUT2D eigenvalue weighted by molar-refractivity contribution is 0.414. The highest BCUT2D eigenvalue weighted by Gasteiger charge is 2.36. The summed E-state index contributed by atoms with van der Waals surface area (Å²) in [6.45, 7) is 3.88. The molecule has 1 heterocycles. The number of nitrogens with one attached hydrogen (secondary N) is 1. The van der Waals surface area contributed by atoms with Gasteiger partial charge in [-0.2, -0.15) is 0 Å². The Morgan fingerprint density at radius 2 is 1.90 bits per heavy atom. The van der Waals surface area contributed by atoms with E-state index in [0.29, 0.717) is 5.92 Å². The smallest absolute Gasteiger partial charge is 0.118 e. The monoisotopic (exact) mass is 271 g/mol. The molecule has 1 aromatic carbocycles. The molecule has 20 heavy (non-hydrogen) atoms. The fourth-order valence-electron chi connectivity index (χ4n) is 2.48. The lowest BCUT2D eigenvalue weighted by Gasteiger charge is -2.04. The highest BCUT2D eigenvalue weighted by molar-refractivity contribution is 5.27. The van der Waals surface area contributed by atoms with Crippen molar-refractivity contribution in [3.8, 4) is 5.75 Å². The number of hydrogen-bond donors (Lipinski definition) is 1. The fraction of sp³-hybridized carbons (Fsp3) is 0.412. The van der Waals surface area contributed by atoms with Gasteiger partial charge in [0.15, 0.2) is 0 Å². The molecule has 0 amide bonds. The average Bonchev–Trinajstić information content (AvgIpc) is 3.01. The van der Waals surface area contributed by atoms with Crippen LogP contribution in [0.1, 0.15) is 36.3 Å². The molecule has 0 saturated heterocycles. The molecule has 3 rings (SSSR count). The summed E-state index contributed by atoms with van der Waals surface area (Å²) in [6.07, 6.45) is 1.27. The van der Waals surface area contributed by atoms with Gasteiger partial charge in [0.2, 0.25) is 0 Å². The highest BCUT2D eigenvalue weighted by atomic mass is 16.5. The third-order valence-corrected chi connectivity index (χ3v) is 3.94. The van der Waals surface area contributed by atoms with Crippen molar-refractivity contribution in [3.05, 3.63) is 53.5 Å². The molecule has 3 heteroatoms. The van der Waals surface area contributed by atoms with E-state index in [1.54, 1.807) is 7.11 Å². The van der Waals surface area contributed by atoms with E-state index in [1.165, 1.54) is 12.0 Å². The minimum absolute atomic E-state index is 0.658. The second kappa shape index (κ2) is 5.71. The molecule has 0 radical (unpaired) electrons. The number of rotatable bonds is 6. The van der Waals surface area contributed by atoms with Gasteiger partial charge in [0.1, 0.15) is 17.3 Å². The van der Waals surface area contributed by atoms with Gasteiger partial charge in [-0.05, 0) is 42.2 Å². The maximum absolute atomic E-state index is 5.87. The van der Waals surface area contributed by atoms with E-state index in [0.717, 1.165) is 36.3 Å². The van der Waals surface area contributed by atoms with Crippen molar-refractivity contribution in [1.82, 2.24) is 5.32 Å². The summed E-state index contributed by atoms with van der Waals surface area (Å²) in [5.74, 6) is 4.51. The van der Waals surface area contributed by atoms with E-state index >= 15 is 0 Å². The van der Waals surface area contributed by atoms with Gasteiger partial charge in [0, 0.05) is 12.5 Å². The van der Waals surface area contributed by atoms with Gasteiger partial charge in [0.05, 0.1) is 13.7 Å². The predicted molar refractivity (Wildman–Crippen MR) is 78.8 cm³/mol. The topological polar surface area (TPSA) is 34.4 Å². The van der Waals surface area contributed by atoms with Crippen molar-refractivity contribution >= 4 is 0 Å². The minimum atomic E-state index is 0.658. The van der Waals surface area contributed by atoms with E-state index in [2.05, 4.69) is 36.5 Å². The van der Waals surface area contributed by atoms with E-state index < -0.39 is 0 Å². The molecule has 1 fully saturated rings. The van der Waals surface area contributed by atoms with Gasteiger partial charge in [-0.15, -0.1) is 0 Å². The van der Waals surface area contributed by atoms with Crippen LogP contribution in [0, 0.1) is 5.92 Å². The molecule has 1 aliphatic carbocycles. The van der Waals surface area contributed by atoms with Crippen LogP contribution < -0.4 is 10.1 Å². The number of ether oxygens (including phenoxy) is 1. The van der Waals surface area contributed by atoms with Gasteiger partial charge in [0.25, 0.3) is 0 Å². The fourth-order valence-corrected chi connectivity index (χ4v) is 2.48. The van der Waals surface area contributed by atoms with E-state index in [-0.39, 0.29) is 0 Å². The van der Waals surface area contributed by atoms with Crippen LogP contribution in [-0.4, -0.2) is 7.11 Å². The van der Waals surface area contributed by atoms with Crippen molar-refractivity contribution in [1.29, 1.82) is 0 Å². The van der Waals surface area contributed by atoms with Gasteiger partial charge < -0.3 is 14.5 Å².